The lowest BCUT2D eigenvalue weighted by Gasteiger charge is -1.97. The van der Waals surface area contributed by atoms with Crippen molar-refractivity contribution in [3.8, 4) is 5.75 Å². The Balaban J connectivity index is 2.55. The predicted octanol–water partition coefficient (Wildman–Crippen LogP) is 2.37. The highest BCUT2D eigenvalue weighted by atomic mass is 16.5. The Hall–Kier alpha value is -1.44. The third-order valence-electron chi connectivity index (χ3n) is 1.77. The SMILES string of the molecule is CCOc1[c][nH]c2ccccc12. The van der Waals surface area contributed by atoms with Gasteiger partial charge >= 0.3 is 0 Å². The number of nitrogens with one attached hydrogen (secondary N) is 1. The first-order valence-electron chi connectivity index (χ1n) is 4.03. The average molecular weight is 160 g/mol. The minimum atomic E-state index is 0.679. The molecule has 1 N–H and O–H groups in total. The number of para-hydroxylation sites is 1. The number of fused-ring (bicyclic) bond motifs is 1. The van der Waals surface area contributed by atoms with Crippen LogP contribution in [-0.2, 0) is 0 Å². The van der Waals surface area contributed by atoms with Crippen LogP contribution in [0.5, 0.6) is 5.75 Å². The maximum Gasteiger partial charge on any atom is 0.154 e. The topological polar surface area (TPSA) is 25.0 Å². The third kappa shape index (κ3) is 1.05. The first-order valence-corrected chi connectivity index (χ1v) is 4.03. The van der Waals surface area contributed by atoms with Crippen molar-refractivity contribution in [3.05, 3.63) is 30.5 Å². The van der Waals surface area contributed by atoms with Crippen LogP contribution in [0.15, 0.2) is 24.3 Å². The lowest BCUT2D eigenvalue weighted by atomic mass is 10.2. The zero-order valence-electron chi connectivity index (χ0n) is 6.92. The number of hydrogen-bond donors (Lipinski definition) is 1. The van der Waals surface area contributed by atoms with Gasteiger partial charge in [-0.15, -0.1) is 0 Å². The number of aromatic nitrogens is 1. The van der Waals surface area contributed by atoms with Crippen LogP contribution in [0.3, 0.4) is 0 Å². The standard InChI is InChI=1S/C10H10NO/c1-2-12-10-7-11-9-6-4-3-5-8(9)10/h3-6,11H,2H2,1H3. The van der Waals surface area contributed by atoms with E-state index in [1.807, 2.05) is 31.2 Å². The average Bonchev–Trinajstić information content (AvgIpc) is 2.50. The number of ether oxygens (including phenoxy) is 1. The van der Waals surface area contributed by atoms with Gasteiger partial charge in [-0.25, -0.2) is 0 Å². The van der Waals surface area contributed by atoms with Gasteiger partial charge in [-0.2, -0.15) is 0 Å². The Morgan fingerprint density at radius 2 is 2.25 bits per heavy atom. The zero-order valence-corrected chi connectivity index (χ0v) is 6.92. The molecule has 2 nitrogen and oxygen atoms in total. The second-order valence-corrected chi connectivity index (χ2v) is 2.56. The van der Waals surface area contributed by atoms with Crippen LogP contribution in [0.4, 0.5) is 0 Å². The Morgan fingerprint density at radius 3 is 3.08 bits per heavy atom. The van der Waals surface area contributed by atoms with Crippen molar-refractivity contribution in [1.82, 2.24) is 4.98 Å². The molecule has 0 fully saturated rings. The maximum absolute atomic E-state index is 5.37. The van der Waals surface area contributed by atoms with E-state index in [0.29, 0.717) is 6.61 Å². The summed E-state index contributed by atoms with van der Waals surface area (Å²) in [7, 11) is 0. The Labute approximate surface area is 71.2 Å². The second kappa shape index (κ2) is 2.89. The molecule has 1 aromatic heterocycles. The normalized spacial score (nSPS) is 10.4. The Bertz CT molecular complexity index is 378. The van der Waals surface area contributed by atoms with Gasteiger partial charge in [-0.05, 0) is 19.1 Å². The predicted molar refractivity (Wildman–Crippen MR) is 48.3 cm³/mol. The van der Waals surface area contributed by atoms with Crippen molar-refractivity contribution in [1.29, 1.82) is 0 Å². The van der Waals surface area contributed by atoms with Crippen molar-refractivity contribution >= 4 is 10.9 Å². The fraction of sp³-hybridized carbons (Fsp3) is 0.200. The minimum absolute atomic E-state index is 0.679. The van der Waals surface area contributed by atoms with E-state index in [-0.39, 0.29) is 0 Å². The van der Waals surface area contributed by atoms with E-state index in [1.54, 1.807) is 0 Å². The molecule has 0 saturated heterocycles. The molecule has 0 aliphatic carbocycles. The molecule has 0 unspecified atom stereocenters. The molecule has 0 bridgehead atoms. The van der Waals surface area contributed by atoms with Gasteiger partial charge in [-0.1, -0.05) is 12.1 Å². The van der Waals surface area contributed by atoms with Crippen molar-refractivity contribution < 1.29 is 4.74 Å². The summed E-state index contributed by atoms with van der Waals surface area (Å²) >= 11 is 0. The Kier molecular flexibility index (Phi) is 1.74. The lowest BCUT2D eigenvalue weighted by Crippen LogP contribution is -1.89. The minimum Gasteiger partial charge on any atom is -0.491 e. The molecular formula is C10H10NO. The molecule has 0 spiro atoms. The lowest BCUT2D eigenvalue weighted by molar-refractivity contribution is 0.343. The van der Waals surface area contributed by atoms with Crippen LogP contribution < -0.4 is 4.74 Å². The first kappa shape index (κ1) is 7.22. The largest absolute Gasteiger partial charge is 0.491 e. The summed E-state index contributed by atoms with van der Waals surface area (Å²) < 4.78 is 5.37. The molecule has 0 amide bonds. The summed E-state index contributed by atoms with van der Waals surface area (Å²) in [5.74, 6) is 0.813. The van der Waals surface area contributed by atoms with Crippen LogP contribution in [-0.4, -0.2) is 11.6 Å². The molecule has 1 heterocycles. The van der Waals surface area contributed by atoms with E-state index in [4.69, 9.17) is 4.74 Å². The van der Waals surface area contributed by atoms with Crippen LogP contribution >= 0.6 is 0 Å². The van der Waals surface area contributed by atoms with E-state index < -0.39 is 0 Å². The van der Waals surface area contributed by atoms with Gasteiger partial charge < -0.3 is 9.72 Å². The summed E-state index contributed by atoms with van der Waals surface area (Å²) in [5, 5.41) is 1.10. The monoisotopic (exact) mass is 160 g/mol. The highest BCUT2D eigenvalue weighted by Crippen LogP contribution is 2.23. The van der Waals surface area contributed by atoms with Crippen LogP contribution in [0.2, 0.25) is 0 Å². The fourth-order valence-electron chi connectivity index (χ4n) is 1.24. The zero-order chi connectivity index (χ0) is 8.39. The molecule has 61 valence electrons. The number of benzene rings is 1. The molecule has 0 saturated carbocycles. The van der Waals surface area contributed by atoms with Gasteiger partial charge in [0.15, 0.2) is 5.75 Å². The van der Waals surface area contributed by atoms with E-state index in [2.05, 4.69) is 11.2 Å². The molecule has 2 heteroatoms. The van der Waals surface area contributed by atoms with Gasteiger partial charge in [0.1, 0.15) is 6.20 Å². The highest BCUT2D eigenvalue weighted by Gasteiger charge is 2.01. The second-order valence-electron chi connectivity index (χ2n) is 2.56. The molecule has 1 radical (unpaired) electrons. The van der Waals surface area contributed by atoms with Gasteiger partial charge in [0, 0.05) is 10.9 Å². The molecule has 1 aromatic carbocycles. The smallest absolute Gasteiger partial charge is 0.154 e. The van der Waals surface area contributed by atoms with Crippen LogP contribution in [0.1, 0.15) is 6.92 Å². The van der Waals surface area contributed by atoms with E-state index in [1.165, 1.54) is 0 Å². The molecule has 2 aromatic rings. The fourth-order valence-corrected chi connectivity index (χ4v) is 1.24. The Morgan fingerprint density at radius 1 is 1.42 bits per heavy atom. The van der Waals surface area contributed by atoms with Gasteiger partial charge in [0.05, 0.1) is 6.61 Å². The van der Waals surface area contributed by atoms with Gasteiger partial charge in [-0.3, -0.25) is 0 Å². The summed E-state index contributed by atoms with van der Waals surface area (Å²) in [6.45, 7) is 2.65. The van der Waals surface area contributed by atoms with E-state index >= 15 is 0 Å². The summed E-state index contributed by atoms with van der Waals surface area (Å²) in [4.78, 5) is 3.02. The molecule has 12 heavy (non-hydrogen) atoms. The molecular weight excluding hydrogens is 150 g/mol. The van der Waals surface area contributed by atoms with Crippen molar-refractivity contribution in [2.24, 2.45) is 0 Å². The van der Waals surface area contributed by atoms with E-state index in [9.17, 15) is 0 Å². The molecule has 2 rings (SSSR count). The van der Waals surface area contributed by atoms with Crippen molar-refractivity contribution in [2.45, 2.75) is 6.92 Å². The van der Waals surface area contributed by atoms with Crippen LogP contribution in [0, 0.1) is 6.20 Å². The summed E-state index contributed by atoms with van der Waals surface area (Å²) in [6, 6.07) is 8.01. The third-order valence-corrected chi connectivity index (χ3v) is 1.77. The number of H-pyrrole nitrogens is 1. The number of rotatable bonds is 2. The first-order chi connectivity index (χ1) is 5.92. The maximum atomic E-state index is 5.37. The molecule has 0 aliphatic rings. The van der Waals surface area contributed by atoms with Gasteiger partial charge in [0.25, 0.3) is 0 Å². The van der Waals surface area contributed by atoms with Gasteiger partial charge in [0.2, 0.25) is 0 Å². The highest BCUT2D eigenvalue weighted by molar-refractivity contribution is 5.85. The van der Waals surface area contributed by atoms with Crippen LogP contribution in [0.25, 0.3) is 10.9 Å². The molecule has 0 atom stereocenters. The molecule has 0 aliphatic heterocycles. The van der Waals surface area contributed by atoms with Crippen molar-refractivity contribution in [3.63, 3.8) is 0 Å². The summed E-state index contributed by atoms with van der Waals surface area (Å²) in [6.07, 6.45) is 2.97. The van der Waals surface area contributed by atoms with E-state index in [0.717, 1.165) is 16.7 Å². The number of hydrogen-bond acceptors (Lipinski definition) is 1. The van der Waals surface area contributed by atoms with Crippen molar-refractivity contribution in [2.75, 3.05) is 6.61 Å². The number of aromatic amines is 1. The quantitative estimate of drug-likeness (QED) is 0.716. The summed E-state index contributed by atoms with van der Waals surface area (Å²) in [5.41, 5.74) is 1.07.